The van der Waals surface area contributed by atoms with Gasteiger partial charge < -0.3 is 14.6 Å². The molecule has 0 unspecified atom stereocenters. The fourth-order valence-corrected chi connectivity index (χ4v) is 3.50. The van der Waals surface area contributed by atoms with Crippen LogP contribution in [0.2, 0.25) is 0 Å². The Hall–Kier alpha value is -2.91. The average Bonchev–Trinajstić information content (AvgIpc) is 3.04. The van der Waals surface area contributed by atoms with Gasteiger partial charge in [0.05, 0.1) is 24.1 Å². The van der Waals surface area contributed by atoms with Gasteiger partial charge in [-0.15, -0.1) is 0 Å². The lowest BCUT2D eigenvalue weighted by Gasteiger charge is -2.15. The Morgan fingerprint density at radius 1 is 1.22 bits per heavy atom. The smallest absolute Gasteiger partial charge is 0.242 e. The number of ether oxygens (including phenoxy) is 1. The van der Waals surface area contributed by atoms with Crippen LogP contribution in [0.25, 0.3) is 11.0 Å². The maximum Gasteiger partial charge on any atom is 0.242 e. The van der Waals surface area contributed by atoms with Crippen molar-refractivity contribution in [1.82, 2.24) is 9.46 Å². The molecular weight excluding hydrogens is 370 g/mol. The van der Waals surface area contributed by atoms with E-state index in [1.165, 1.54) is 39.4 Å². The lowest BCUT2D eigenvalue weighted by Crippen LogP contribution is -2.22. The molecular formula is C18H19N3O5S. The molecule has 8 nitrogen and oxygen atoms in total. The number of carbonyl (C=O) groups excluding carboxylic acids is 1. The van der Waals surface area contributed by atoms with Crippen LogP contribution in [0.4, 0.5) is 5.69 Å². The number of rotatable bonds is 6. The number of anilines is 1. The number of nitrogens with zero attached hydrogens (tertiary/aromatic N) is 2. The van der Waals surface area contributed by atoms with Gasteiger partial charge in [0.1, 0.15) is 11.4 Å². The molecule has 1 aromatic heterocycles. The Kier molecular flexibility index (Phi) is 5.15. The quantitative estimate of drug-likeness (QED) is 0.694. The van der Waals surface area contributed by atoms with Crippen LogP contribution in [-0.4, -0.2) is 45.0 Å². The first kappa shape index (κ1) is 18.9. The van der Waals surface area contributed by atoms with Gasteiger partial charge in [0.15, 0.2) is 5.58 Å². The number of para-hydroxylation sites is 1. The van der Waals surface area contributed by atoms with E-state index in [1.54, 1.807) is 6.07 Å². The second-order valence-corrected chi connectivity index (χ2v) is 8.15. The van der Waals surface area contributed by atoms with E-state index in [-0.39, 0.29) is 22.9 Å². The first-order valence-corrected chi connectivity index (χ1v) is 9.50. The number of benzene rings is 2. The molecule has 0 aliphatic rings. The van der Waals surface area contributed by atoms with Gasteiger partial charge >= 0.3 is 0 Å². The van der Waals surface area contributed by atoms with Gasteiger partial charge in [-0.25, -0.2) is 12.7 Å². The summed E-state index contributed by atoms with van der Waals surface area (Å²) in [5.74, 6) is -0.0159. The van der Waals surface area contributed by atoms with Gasteiger partial charge in [0.2, 0.25) is 15.9 Å². The number of nitrogens with one attached hydrogen (secondary N) is 1. The van der Waals surface area contributed by atoms with Crippen molar-refractivity contribution in [3.8, 4) is 5.75 Å². The van der Waals surface area contributed by atoms with Crippen molar-refractivity contribution in [2.45, 2.75) is 11.3 Å². The minimum Gasteiger partial charge on any atom is -0.495 e. The summed E-state index contributed by atoms with van der Waals surface area (Å²) in [6, 6.07) is 11.5. The zero-order valence-electron chi connectivity index (χ0n) is 15.1. The number of hydrogen-bond acceptors (Lipinski definition) is 6. The third-order valence-corrected chi connectivity index (χ3v) is 5.81. The van der Waals surface area contributed by atoms with Crippen LogP contribution in [0, 0.1) is 0 Å². The van der Waals surface area contributed by atoms with Crippen molar-refractivity contribution < 1.29 is 22.5 Å². The van der Waals surface area contributed by atoms with E-state index in [4.69, 9.17) is 9.26 Å². The molecule has 0 aliphatic carbocycles. The Morgan fingerprint density at radius 3 is 2.67 bits per heavy atom. The molecule has 0 aliphatic heterocycles. The van der Waals surface area contributed by atoms with Gasteiger partial charge in [-0.1, -0.05) is 17.3 Å². The van der Waals surface area contributed by atoms with Crippen LogP contribution in [0.15, 0.2) is 51.9 Å². The highest BCUT2D eigenvalue weighted by Crippen LogP contribution is 2.29. The van der Waals surface area contributed by atoms with E-state index >= 15 is 0 Å². The fourth-order valence-electron chi connectivity index (χ4n) is 2.57. The largest absolute Gasteiger partial charge is 0.495 e. The normalized spacial score (nSPS) is 11.7. The van der Waals surface area contributed by atoms with Crippen LogP contribution in [-0.2, 0) is 21.2 Å². The summed E-state index contributed by atoms with van der Waals surface area (Å²) in [5.41, 5.74) is 1.36. The minimum atomic E-state index is -3.64. The SMILES string of the molecule is COc1ccc(S(=O)(=O)N(C)C)cc1NC(=O)Cc1noc2ccccc12. The summed E-state index contributed by atoms with van der Waals surface area (Å²) >= 11 is 0. The first-order chi connectivity index (χ1) is 12.8. The molecule has 0 bridgehead atoms. The second-order valence-electron chi connectivity index (χ2n) is 6.00. The predicted molar refractivity (Wildman–Crippen MR) is 100 cm³/mol. The zero-order valence-corrected chi connectivity index (χ0v) is 15.9. The van der Waals surface area contributed by atoms with E-state index in [9.17, 15) is 13.2 Å². The Bertz CT molecular complexity index is 1090. The Balaban J connectivity index is 1.86. The van der Waals surface area contributed by atoms with E-state index in [0.29, 0.717) is 17.0 Å². The summed E-state index contributed by atoms with van der Waals surface area (Å²) in [6.07, 6.45) is -0.0230. The maximum atomic E-state index is 12.5. The lowest BCUT2D eigenvalue weighted by molar-refractivity contribution is -0.115. The monoisotopic (exact) mass is 389 g/mol. The number of methoxy groups -OCH3 is 1. The molecule has 0 spiro atoms. The molecule has 0 saturated carbocycles. The summed E-state index contributed by atoms with van der Waals surface area (Å²) in [6.45, 7) is 0. The van der Waals surface area contributed by atoms with Crippen molar-refractivity contribution in [3.63, 3.8) is 0 Å². The van der Waals surface area contributed by atoms with Crippen LogP contribution >= 0.6 is 0 Å². The van der Waals surface area contributed by atoms with E-state index in [0.717, 1.165) is 9.69 Å². The van der Waals surface area contributed by atoms with Crippen molar-refractivity contribution in [2.24, 2.45) is 0 Å². The van der Waals surface area contributed by atoms with Crippen LogP contribution in [0.3, 0.4) is 0 Å². The van der Waals surface area contributed by atoms with E-state index in [1.807, 2.05) is 18.2 Å². The number of hydrogen-bond donors (Lipinski definition) is 1. The highest BCUT2D eigenvalue weighted by Gasteiger charge is 2.20. The molecule has 0 saturated heterocycles. The van der Waals surface area contributed by atoms with E-state index < -0.39 is 10.0 Å². The standard InChI is InChI=1S/C18H19N3O5S/c1-21(2)27(23,24)12-8-9-17(25-3)15(10-12)19-18(22)11-14-13-6-4-5-7-16(13)26-20-14/h4-10H,11H2,1-3H3,(H,19,22). The lowest BCUT2D eigenvalue weighted by atomic mass is 10.1. The molecule has 1 heterocycles. The van der Waals surface area contributed by atoms with E-state index in [2.05, 4.69) is 10.5 Å². The average molecular weight is 389 g/mol. The summed E-state index contributed by atoms with van der Waals surface area (Å²) in [5, 5.41) is 7.37. The molecule has 9 heteroatoms. The van der Waals surface area contributed by atoms with Gasteiger partial charge in [0.25, 0.3) is 0 Å². The van der Waals surface area contributed by atoms with Crippen LogP contribution < -0.4 is 10.1 Å². The molecule has 142 valence electrons. The molecule has 27 heavy (non-hydrogen) atoms. The van der Waals surface area contributed by atoms with Crippen LogP contribution in [0.5, 0.6) is 5.75 Å². The second kappa shape index (κ2) is 7.37. The van der Waals surface area contributed by atoms with Gasteiger partial charge in [-0.3, -0.25) is 4.79 Å². The molecule has 3 aromatic rings. The number of sulfonamides is 1. The Morgan fingerprint density at radius 2 is 1.96 bits per heavy atom. The molecule has 1 amide bonds. The van der Waals surface area contributed by atoms with Crippen LogP contribution in [0.1, 0.15) is 5.69 Å². The number of fused-ring (bicyclic) bond motifs is 1. The summed E-state index contributed by atoms with van der Waals surface area (Å²) < 4.78 is 36.2. The molecule has 0 radical (unpaired) electrons. The highest BCUT2D eigenvalue weighted by molar-refractivity contribution is 7.89. The topological polar surface area (TPSA) is 102 Å². The molecule has 2 aromatic carbocycles. The van der Waals surface area contributed by atoms with Gasteiger partial charge in [-0.05, 0) is 30.3 Å². The number of amides is 1. The first-order valence-electron chi connectivity index (χ1n) is 8.06. The van der Waals surface area contributed by atoms with Gasteiger partial charge in [-0.2, -0.15) is 0 Å². The molecule has 1 N–H and O–H groups in total. The molecule has 0 atom stereocenters. The maximum absolute atomic E-state index is 12.5. The van der Waals surface area contributed by atoms with Crippen molar-refractivity contribution in [2.75, 3.05) is 26.5 Å². The third-order valence-electron chi connectivity index (χ3n) is 4.00. The van der Waals surface area contributed by atoms with Crippen molar-refractivity contribution >= 4 is 32.6 Å². The third kappa shape index (κ3) is 3.79. The van der Waals surface area contributed by atoms with Crippen molar-refractivity contribution in [1.29, 1.82) is 0 Å². The van der Waals surface area contributed by atoms with Gasteiger partial charge in [0, 0.05) is 19.5 Å². The summed E-state index contributed by atoms with van der Waals surface area (Å²) in [7, 11) is 0.677. The highest BCUT2D eigenvalue weighted by atomic mass is 32.2. The minimum absolute atomic E-state index is 0.0230. The summed E-state index contributed by atoms with van der Waals surface area (Å²) in [4.78, 5) is 12.5. The molecule has 3 rings (SSSR count). The zero-order chi connectivity index (χ0) is 19.6. The fraction of sp³-hybridized carbons (Fsp3) is 0.222. The number of aromatic nitrogens is 1. The predicted octanol–water partition coefficient (Wildman–Crippen LogP) is 2.27. The molecule has 0 fully saturated rings. The number of carbonyl (C=O) groups is 1. The Labute approximate surface area is 156 Å². The van der Waals surface area contributed by atoms with Crippen molar-refractivity contribution in [3.05, 3.63) is 48.2 Å².